The predicted octanol–water partition coefficient (Wildman–Crippen LogP) is 4.57. The second-order valence-corrected chi connectivity index (χ2v) is 5.27. The van der Waals surface area contributed by atoms with E-state index in [1.165, 1.54) is 0 Å². The molecule has 0 aliphatic rings. The Morgan fingerprint density at radius 1 is 1.22 bits per heavy atom. The Hall–Kier alpha value is -0.710. The van der Waals surface area contributed by atoms with Gasteiger partial charge in [-0.15, -0.1) is 0 Å². The van der Waals surface area contributed by atoms with Crippen LogP contribution in [0.1, 0.15) is 47.0 Å². The molecule has 0 N–H and O–H groups in total. The molecule has 0 aliphatic carbocycles. The number of halogens is 4. The molecule has 106 valence electrons. The van der Waals surface area contributed by atoms with Crippen LogP contribution in [0, 0.1) is 0 Å². The molecule has 0 saturated carbocycles. The summed E-state index contributed by atoms with van der Waals surface area (Å²) in [6.45, 7) is 6.45. The summed E-state index contributed by atoms with van der Waals surface area (Å²) in [5.41, 5.74) is -1.89. The van der Waals surface area contributed by atoms with Crippen LogP contribution in [0.25, 0.3) is 0 Å². The molecule has 0 aromatic rings. The third-order valence-electron chi connectivity index (χ3n) is 1.97. The van der Waals surface area contributed by atoms with E-state index in [1.807, 2.05) is 0 Å². The fourth-order valence-electron chi connectivity index (χ4n) is 1.18. The van der Waals surface area contributed by atoms with Gasteiger partial charge in [0, 0.05) is 0 Å². The molecule has 0 atom stereocenters. The largest absolute Gasteiger partial charge is 0.456 e. The van der Waals surface area contributed by atoms with E-state index in [0.29, 0.717) is 12.8 Å². The molecule has 0 fully saturated rings. The molecule has 0 aromatic heterocycles. The molecule has 18 heavy (non-hydrogen) atoms. The number of allylic oxidation sites excluding steroid dienone is 1. The molecule has 0 rings (SSSR count). The van der Waals surface area contributed by atoms with Crippen LogP contribution in [0.15, 0.2) is 10.6 Å². The van der Waals surface area contributed by atoms with Crippen molar-refractivity contribution in [3.63, 3.8) is 0 Å². The summed E-state index contributed by atoms with van der Waals surface area (Å²) in [7, 11) is 0. The zero-order chi connectivity index (χ0) is 14.6. The van der Waals surface area contributed by atoms with Gasteiger partial charge in [0.2, 0.25) is 0 Å². The topological polar surface area (TPSA) is 26.3 Å². The summed E-state index contributed by atoms with van der Waals surface area (Å²) in [6, 6.07) is 0. The smallest absolute Gasteiger partial charge is 0.414 e. The standard InChI is InChI=1S/C12H18ClF3O2/c1-5-6-7-8(12(14,15)16)9(13)10(17)18-11(2,3)4/h5-7H2,1-4H3/b9-8-. The van der Waals surface area contributed by atoms with Crippen molar-refractivity contribution in [3.05, 3.63) is 10.6 Å². The van der Waals surface area contributed by atoms with Crippen molar-refractivity contribution in [1.29, 1.82) is 0 Å². The summed E-state index contributed by atoms with van der Waals surface area (Å²) in [5.74, 6) is -1.13. The van der Waals surface area contributed by atoms with E-state index in [0.717, 1.165) is 0 Å². The number of hydrogen-bond acceptors (Lipinski definition) is 2. The highest BCUT2D eigenvalue weighted by molar-refractivity contribution is 6.41. The van der Waals surface area contributed by atoms with Crippen LogP contribution in [-0.4, -0.2) is 17.7 Å². The molecule has 0 heterocycles. The Balaban J connectivity index is 5.14. The fraction of sp³-hybridized carbons (Fsp3) is 0.750. The number of esters is 1. The van der Waals surface area contributed by atoms with Gasteiger partial charge in [0.25, 0.3) is 0 Å². The molecule has 0 spiro atoms. The minimum absolute atomic E-state index is 0.280. The maximum absolute atomic E-state index is 12.7. The predicted molar refractivity (Wildman–Crippen MR) is 64.3 cm³/mol. The van der Waals surface area contributed by atoms with Crippen LogP contribution >= 0.6 is 11.6 Å². The number of carbonyl (C=O) groups is 1. The van der Waals surface area contributed by atoms with Crippen molar-refractivity contribution in [2.24, 2.45) is 0 Å². The van der Waals surface area contributed by atoms with Crippen molar-refractivity contribution >= 4 is 17.6 Å². The molecule has 0 aromatic carbocycles. The van der Waals surface area contributed by atoms with Gasteiger partial charge in [-0.25, -0.2) is 4.79 Å². The second-order valence-electron chi connectivity index (χ2n) is 4.90. The second kappa shape index (κ2) is 6.45. The van der Waals surface area contributed by atoms with Crippen molar-refractivity contribution < 1.29 is 22.7 Å². The lowest BCUT2D eigenvalue weighted by Crippen LogP contribution is -2.26. The van der Waals surface area contributed by atoms with Crippen molar-refractivity contribution in [2.45, 2.75) is 58.7 Å². The van der Waals surface area contributed by atoms with Crippen LogP contribution in [0.2, 0.25) is 0 Å². The van der Waals surface area contributed by atoms with Gasteiger partial charge in [-0.2, -0.15) is 13.2 Å². The lowest BCUT2D eigenvalue weighted by Gasteiger charge is -2.20. The number of hydrogen-bond donors (Lipinski definition) is 0. The average molecular weight is 287 g/mol. The first-order valence-corrected chi connectivity index (χ1v) is 6.06. The van der Waals surface area contributed by atoms with Gasteiger partial charge >= 0.3 is 12.1 Å². The molecule has 0 radical (unpaired) electrons. The SMILES string of the molecule is CCCC/C(=C(/Cl)C(=O)OC(C)(C)C)C(F)(F)F. The van der Waals surface area contributed by atoms with Crippen molar-refractivity contribution in [1.82, 2.24) is 0 Å². The van der Waals surface area contributed by atoms with E-state index in [1.54, 1.807) is 27.7 Å². The Morgan fingerprint density at radius 2 is 1.72 bits per heavy atom. The maximum atomic E-state index is 12.7. The van der Waals surface area contributed by atoms with Crippen LogP contribution in [0.5, 0.6) is 0 Å². The highest BCUT2D eigenvalue weighted by atomic mass is 35.5. The number of rotatable bonds is 4. The van der Waals surface area contributed by atoms with E-state index in [2.05, 4.69) is 0 Å². The van der Waals surface area contributed by atoms with Gasteiger partial charge in [-0.05, 0) is 33.6 Å². The lowest BCUT2D eigenvalue weighted by molar-refractivity contribution is -0.150. The first-order chi connectivity index (χ1) is 7.99. The maximum Gasteiger partial charge on any atom is 0.414 e. The molecule has 2 nitrogen and oxygen atoms in total. The molecule has 6 heteroatoms. The summed E-state index contributed by atoms with van der Waals surface area (Å²) in [4.78, 5) is 11.5. The van der Waals surface area contributed by atoms with Crippen molar-refractivity contribution in [3.8, 4) is 0 Å². The minimum atomic E-state index is -4.61. The van der Waals surface area contributed by atoms with E-state index in [9.17, 15) is 18.0 Å². The van der Waals surface area contributed by atoms with E-state index in [-0.39, 0.29) is 6.42 Å². The van der Waals surface area contributed by atoms with E-state index < -0.39 is 28.4 Å². The van der Waals surface area contributed by atoms with Gasteiger partial charge in [-0.1, -0.05) is 24.9 Å². The quantitative estimate of drug-likeness (QED) is 0.559. The molecule has 0 amide bonds. The summed E-state index contributed by atoms with van der Waals surface area (Å²) >= 11 is 5.51. The Morgan fingerprint density at radius 3 is 2.06 bits per heavy atom. The molecule has 0 unspecified atom stereocenters. The summed E-state index contributed by atoms with van der Waals surface area (Å²) in [5, 5.41) is -0.870. The lowest BCUT2D eigenvalue weighted by atomic mass is 10.1. The summed E-state index contributed by atoms with van der Waals surface area (Å²) < 4.78 is 43.0. The number of alkyl halides is 3. The zero-order valence-corrected chi connectivity index (χ0v) is 11.7. The van der Waals surface area contributed by atoms with Crippen LogP contribution in [0.3, 0.4) is 0 Å². The molecule has 0 aliphatic heterocycles. The minimum Gasteiger partial charge on any atom is -0.456 e. The first kappa shape index (κ1) is 17.3. The molecular formula is C12H18ClF3O2. The highest BCUT2D eigenvalue weighted by Crippen LogP contribution is 2.34. The normalized spacial score (nSPS) is 14.2. The van der Waals surface area contributed by atoms with E-state index in [4.69, 9.17) is 16.3 Å². The van der Waals surface area contributed by atoms with Crippen LogP contribution < -0.4 is 0 Å². The van der Waals surface area contributed by atoms with E-state index >= 15 is 0 Å². The Kier molecular flexibility index (Phi) is 6.20. The number of carbonyl (C=O) groups excluding carboxylic acids is 1. The Bertz CT molecular complexity index is 327. The average Bonchev–Trinajstić information content (AvgIpc) is 2.13. The monoisotopic (exact) mass is 286 g/mol. The van der Waals surface area contributed by atoms with Crippen LogP contribution in [0.4, 0.5) is 13.2 Å². The van der Waals surface area contributed by atoms with Gasteiger partial charge < -0.3 is 4.74 Å². The van der Waals surface area contributed by atoms with Gasteiger partial charge in [-0.3, -0.25) is 0 Å². The van der Waals surface area contributed by atoms with Gasteiger partial charge in [0.1, 0.15) is 10.6 Å². The molecule has 0 bridgehead atoms. The Labute approximate surface area is 110 Å². The highest BCUT2D eigenvalue weighted by Gasteiger charge is 2.38. The van der Waals surface area contributed by atoms with Crippen molar-refractivity contribution in [2.75, 3.05) is 0 Å². The number of ether oxygens (including phenoxy) is 1. The first-order valence-electron chi connectivity index (χ1n) is 5.68. The third kappa shape index (κ3) is 6.28. The van der Waals surface area contributed by atoms with Gasteiger partial charge in [0.05, 0.1) is 5.57 Å². The van der Waals surface area contributed by atoms with Crippen LogP contribution in [-0.2, 0) is 9.53 Å². The third-order valence-corrected chi connectivity index (χ3v) is 2.35. The fourth-order valence-corrected chi connectivity index (χ4v) is 1.42. The van der Waals surface area contributed by atoms with Gasteiger partial charge in [0.15, 0.2) is 0 Å². The molecule has 0 saturated heterocycles. The zero-order valence-electron chi connectivity index (χ0n) is 10.9. The molecular weight excluding hydrogens is 269 g/mol. The summed E-state index contributed by atoms with van der Waals surface area (Å²) in [6.07, 6.45) is -3.99. The number of unbranched alkanes of at least 4 members (excludes halogenated alkanes) is 1.